The molecule has 19 heavy (non-hydrogen) atoms. The zero-order valence-corrected chi connectivity index (χ0v) is 17.8. The van der Waals surface area contributed by atoms with Crippen LogP contribution in [0.5, 0.6) is 0 Å². The van der Waals surface area contributed by atoms with E-state index in [1.54, 1.807) is 0 Å². The van der Waals surface area contributed by atoms with Crippen molar-refractivity contribution in [3.8, 4) is 0 Å². The van der Waals surface area contributed by atoms with E-state index < -0.39 is 26.4 Å². The van der Waals surface area contributed by atoms with Crippen molar-refractivity contribution in [3.05, 3.63) is 12.7 Å². The van der Waals surface area contributed by atoms with Crippen LogP contribution in [0.15, 0.2) is 12.7 Å². The number of carbonyl (C=O) groups is 1. The van der Waals surface area contributed by atoms with Crippen molar-refractivity contribution in [2.75, 3.05) is 6.23 Å². The van der Waals surface area contributed by atoms with E-state index in [0.717, 1.165) is 6.04 Å². The molecule has 0 amide bonds. The minimum Gasteiger partial charge on any atom is -0.464 e. The predicted octanol–water partition coefficient (Wildman–Crippen LogP) is 1.33. The van der Waals surface area contributed by atoms with Crippen LogP contribution in [-0.2, 0) is 17.8 Å². The zero-order chi connectivity index (χ0) is 14.9. The van der Waals surface area contributed by atoms with Gasteiger partial charge in [-0.15, -0.1) is 0 Å². The quantitative estimate of drug-likeness (QED) is 0.261. The Balaban J connectivity index is 3.68. The summed E-state index contributed by atoms with van der Waals surface area (Å²) in [6, 6.07) is 2.36. The molecule has 0 radical (unpaired) electrons. The minimum absolute atomic E-state index is 0.355. The van der Waals surface area contributed by atoms with Crippen LogP contribution in [0.25, 0.3) is 0 Å². The number of esters is 1. The monoisotopic (exact) mass is 336 g/mol. The van der Waals surface area contributed by atoms with Gasteiger partial charge >= 0.3 is 5.97 Å². The lowest BCUT2D eigenvalue weighted by molar-refractivity contribution is -0.136. The molecule has 0 bridgehead atoms. The Bertz CT molecular complexity index is 289. The van der Waals surface area contributed by atoms with Gasteiger partial charge in [0.2, 0.25) is 0 Å². The van der Waals surface area contributed by atoms with E-state index in [2.05, 4.69) is 39.3 Å². The van der Waals surface area contributed by atoms with Crippen molar-refractivity contribution in [2.24, 2.45) is 0 Å². The molecule has 0 N–H and O–H groups in total. The molecule has 0 atom stereocenters. The largest absolute Gasteiger partial charge is 0.464 e. The Hall–Kier alpha value is -0.00247. The molecule has 0 rings (SSSR count). The summed E-state index contributed by atoms with van der Waals surface area (Å²) in [4.78, 5) is 10.9. The lowest BCUT2D eigenvalue weighted by atomic mass is 10.7. The highest BCUT2D eigenvalue weighted by Gasteiger charge is 2.22. The second-order valence-electron chi connectivity index (χ2n) is 6.04. The average Bonchev–Trinajstić information content (AvgIpc) is 2.29. The SMILES string of the molecule is C=CC(=O)OC[SiH2]O[Si](C)(C)CC[SiH2]O[Si](C)(C)C. The Kier molecular flexibility index (Phi) is 9.03. The molecule has 0 aromatic carbocycles. The summed E-state index contributed by atoms with van der Waals surface area (Å²) in [5.41, 5.74) is 0. The topological polar surface area (TPSA) is 44.8 Å². The molecular weight excluding hydrogens is 308 g/mol. The second kappa shape index (κ2) is 9.03. The van der Waals surface area contributed by atoms with Crippen LogP contribution in [0.1, 0.15) is 0 Å². The Morgan fingerprint density at radius 2 is 1.79 bits per heavy atom. The fourth-order valence-corrected chi connectivity index (χ4v) is 11.9. The van der Waals surface area contributed by atoms with Crippen LogP contribution < -0.4 is 0 Å². The first-order valence-corrected chi connectivity index (χ1v) is 16.4. The highest BCUT2D eigenvalue weighted by Crippen LogP contribution is 2.14. The molecule has 0 saturated heterocycles. The number of carbonyl (C=O) groups excluding carboxylic acids is 1. The van der Waals surface area contributed by atoms with Crippen LogP contribution >= 0.6 is 0 Å². The zero-order valence-electron chi connectivity index (χ0n) is 13.0. The third kappa shape index (κ3) is 12.8. The fraction of sp³-hybridized carbons (Fsp3) is 0.727. The minimum atomic E-state index is -1.57. The summed E-state index contributed by atoms with van der Waals surface area (Å²) in [5.74, 6) is -0.355. The smallest absolute Gasteiger partial charge is 0.329 e. The van der Waals surface area contributed by atoms with Gasteiger partial charge in [-0.2, -0.15) is 0 Å². The molecule has 0 heterocycles. The number of hydrogen-bond donors (Lipinski definition) is 0. The van der Waals surface area contributed by atoms with Gasteiger partial charge in [-0.3, -0.25) is 0 Å². The van der Waals surface area contributed by atoms with Gasteiger partial charge in [0, 0.05) is 6.08 Å². The summed E-state index contributed by atoms with van der Waals surface area (Å²) >= 11 is 0. The number of rotatable bonds is 10. The number of hydrogen-bond acceptors (Lipinski definition) is 4. The van der Waals surface area contributed by atoms with Crippen molar-refractivity contribution in [3.63, 3.8) is 0 Å². The molecule has 0 aliphatic carbocycles. The highest BCUT2D eigenvalue weighted by atomic mass is 28.4. The molecule has 112 valence electrons. The number of ether oxygens (including phenoxy) is 1. The first kappa shape index (κ1) is 19.0. The van der Waals surface area contributed by atoms with Gasteiger partial charge in [0.1, 0.15) is 16.0 Å². The predicted molar refractivity (Wildman–Crippen MR) is 90.9 cm³/mol. The highest BCUT2D eigenvalue weighted by molar-refractivity contribution is 6.76. The van der Waals surface area contributed by atoms with E-state index in [1.165, 1.54) is 12.1 Å². The van der Waals surface area contributed by atoms with Crippen LogP contribution in [-0.4, -0.2) is 48.4 Å². The maximum atomic E-state index is 10.9. The van der Waals surface area contributed by atoms with E-state index in [4.69, 9.17) is 13.0 Å². The molecule has 0 aliphatic heterocycles. The van der Waals surface area contributed by atoms with Crippen LogP contribution in [0.3, 0.4) is 0 Å². The van der Waals surface area contributed by atoms with Gasteiger partial charge in [-0.25, -0.2) is 4.79 Å². The normalized spacial score (nSPS) is 13.5. The second-order valence-corrected chi connectivity index (χ2v) is 18.5. The summed E-state index contributed by atoms with van der Waals surface area (Å²) in [5, 5.41) is 0. The summed E-state index contributed by atoms with van der Waals surface area (Å²) in [6.45, 7) is 14.5. The van der Waals surface area contributed by atoms with Gasteiger partial charge in [0.15, 0.2) is 26.4 Å². The summed E-state index contributed by atoms with van der Waals surface area (Å²) in [6.07, 6.45) is 1.64. The molecule has 0 aliphatic rings. The van der Waals surface area contributed by atoms with E-state index in [9.17, 15) is 4.79 Å². The first-order chi connectivity index (χ1) is 8.66. The Labute approximate surface area is 124 Å². The Morgan fingerprint density at radius 3 is 2.32 bits per heavy atom. The van der Waals surface area contributed by atoms with Gasteiger partial charge in [0.25, 0.3) is 0 Å². The molecule has 0 unspecified atom stereocenters. The molecule has 0 aromatic rings. The molecule has 0 fully saturated rings. The van der Waals surface area contributed by atoms with Crippen LogP contribution in [0, 0.1) is 0 Å². The standard InChI is InChI=1S/C11H28O4Si4/c1-7-11(12)13-10-17-15-19(5,6)9-8-16-14-18(2,3)4/h7H,1,8-10,16-17H2,2-6H3. The summed E-state index contributed by atoms with van der Waals surface area (Å²) < 4.78 is 16.9. The molecule has 4 nitrogen and oxygen atoms in total. The van der Waals surface area contributed by atoms with Crippen molar-refractivity contribution in [2.45, 2.75) is 44.8 Å². The third-order valence-corrected chi connectivity index (χ3v) is 13.9. The van der Waals surface area contributed by atoms with Crippen molar-refractivity contribution < 1.29 is 17.8 Å². The first-order valence-electron chi connectivity index (χ1n) is 6.73. The van der Waals surface area contributed by atoms with Gasteiger partial charge in [-0.1, -0.05) is 6.58 Å². The molecular formula is C11H28O4Si4. The average molecular weight is 337 g/mol. The van der Waals surface area contributed by atoms with Crippen molar-refractivity contribution >= 4 is 42.1 Å². The molecule has 0 aromatic heterocycles. The molecule has 8 heteroatoms. The van der Waals surface area contributed by atoms with Crippen molar-refractivity contribution in [1.82, 2.24) is 0 Å². The Morgan fingerprint density at radius 1 is 1.16 bits per heavy atom. The van der Waals surface area contributed by atoms with E-state index >= 15 is 0 Å². The van der Waals surface area contributed by atoms with E-state index in [-0.39, 0.29) is 15.7 Å². The maximum Gasteiger partial charge on any atom is 0.329 e. The van der Waals surface area contributed by atoms with E-state index in [0.29, 0.717) is 6.23 Å². The van der Waals surface area contributed by atoms with Gasteiger partial charge < -0.3 is 13.0 Å². The van der Waals surface area contributed by atoms with Crippen molar-refractivity contribution in [1.29, 1.82) is 0 Å². The molecule has 0 spiro atoms. The maximum absolute atomic E-state index is 10.9. The van der Waals surface area contributed by atoms with Crippen LogP contribution in [0.2, 0.25) is 44.8 Å². The van der Waals surface area contributed by atoms with Gasteiger partial charge in [-0.05, 0) is 44.8 Å². The summed E-state index contributed by atoms with van der Waals surface area (Å²) in [7, 11) is -4.03. The third-order valence-electron chi connectivity index (χ3n) is 2.45. The molecule has 0 saturated carbocycles. The van der Waals surface area contributed by atoms with Gasteiger partial charge in [0.05, 0.1) is 0 Å². The lowest BCUT2D eigenvalue weighted by Gasteiger charge is -2.24. The fourth-order valence-electron chi connectivity index (χ4n) is 1.47. The lowest BCUT2D eigenvalue weighted by Crippen LogP contribution is -2.35. The van der Waals surface area contributed by atoms with E-state index in [1.807, 2.05) is 0 Å². The van der Waals surface area contributed by atoms with Crippen LogP contribution in [0.4, 0.5) is 0 Å².